The Morgan fingerprint density at radius 3 is 2.28 bits per heavy atom. The van der Waals surface area contributed by atoms with E-state index in [2.05, 4.69) is 5.32 Å². The van der Waals surface area contributed by atoms with E-state index in [0.717, 1.165) is 53.1 Å². The molecule has 230 valence electrons. The Hall–Kier alpha value is -3.85. The minimum Gasteiger partial charge on any atom is -0.495 e. The Morgan fingerprint density at radius 1 is 0.930 bits per heavy atom. The number of hydrogen-bond donors (Lipinski definition) is 1. The van der Waals surface area contributed by atoms with Crippen LogP contribution in [0.3, 0.4) is 0 Å². The largest absolute Gasteiger partial charge is 0.495 e. The van der Waals surface area contributed by atoms with Gasteiger partial charge in [-0.1, -0.05) is 85.8 Å². The minimum atomic E-state index is -4.18. The average Bonchev–Trinajstić information content (AvgIpc) is 3.00. The Kier molecular flexibility index (Phi) is 10.9. The highest BCUT2D eigenvalue weighted by molar-refractivity contribution is 7.92. The number of methoxy groups -OCH3 is 1. The zero-order chi connectivity index (χ0) is 31.0. The van der Waals surface area contributed by atoms with E-state index in [1.807, 2.05) is 45.0 Å². The molecule has 0 bridgehead atoms. The quantitative estimate of drug-likeness (QED) is 0.283. The van der Waals surface area contributed by atoms with Gasteiger partial charge in [0.2, 0.25) is 11.8 Å². The van der Waals surface area contributed by atoms with Crippen molar-refractivity contribution in [3.8, 4) is 5.75 Å². The molecule has 3 aromatic carbocycles. The molecule has 1 aliphatic rings. The van der Waals surface area contributed by atoms with Crippen molar-refractivity contribution in [2.45, 2.75) is 82.8 Å². The number of nitrogens with one attached hydrogen (secondary N) is 1. The Bertz CT molecular complexity index is 1500. The molecular weight excluding hydrogens is 562 g/mol. The Balaban J connectivity index is 1.73. The summed E-state index contributed by atoms with van der Waals surface area (Å²) in [5.74, 6) is -0.368. The van der Waals surface area contributed by atoms with Gasteiger partial charge in [0.1, 0.15) is 18.3 Å². The van der Waals surface area contributed by atoms with Crippen molar-refractivity contribution in [3.63, 3.8) is 0 Å². The highest BCUT2D eigenvalue weighted by atomic mass is 32.2. The third kappa shape index (κ3) is 7.96. The molecule has 1 unspecified atom stereocenters. The van der Waals surface area contributed by atoms with Crippen LogP contribution in [0.4, 0.5) is 5.69 Å². The molecule has 2 amide bonds. The van der Waals surface area contributed by atoms with E-state index in [0.29, 0.717) is 12.2 Å². The van der Waals surface area contributed by atoms with E-state index in [-0.39, 0.29) is 29.1 Å². The van der Waals surface area contributed by atoms with Gasteiger partial charge in [-0.05, 0) is 62.9 Å². The highest BCUT2D eigenvalue weighted by Crippen LogP contribution is 2.33. The third-order valence-corrected chi connectivity index (χ3v) is 9.79. The van der Waals surface area contributed by atoms with Crippen molar-refractivity contribution < 1.29 is 22.7 Å². The van der Waals surface area contributed by atoms with Crippen LogP contribution >= 0.6 is 0 Å². The summed E-state index contributed by atoms with van der Waals surface area (Å²) in [5.41, 5.74) is 3.05. The predicted octanol–water partition coefficient (Wildman–Crippen LogP) is 5.76. The molecule has 1 fully saturated rings. The summed E-state index contributed by atoms with van der Waals surface area (Å²) in [4.78, 5) is 29.6. The molecule has 0 aromatic heterocycles. The van der Waals surface area contributed by atoms with Gasteiger partial charge in [-0.25, -0.2) is 8.42 Å². The number of anilines is 1. The van der Waals surface area contributed by atoms with Crippen molar-refractivity contribution in [1.82, 2.24) is 10.2 Å². The first-order valence-electron chi connectivity index (χ1n) is 15.0. The van der Waals surface area contributed by atoms with Crippen LogP contribution in [0.1, 0.15) is 62.1 Å². The first-order valence-corrected chi connectivity index (χ1v) is 16.5. The molecule has 1 aliphatic carbocycles. The van der Waals surface area contributed by atoms with Crippen LogP contribution in [0.25, 0.3) is 0 Å². The van der Waals surface area contributed by atoms with E-state index in [1.165, 1.54) is 24.1 Å². The maximum Gasteiger partial charge on any atom is 0.264 e. The lowest BCUT2D eigenvalue weighted by molar-refractivity contribution is -0.140. The smallest absolute Gasteiger partial charge is 0.264 e. The molecule has 3 aromatic rings. The van der Waals surface area contributed by atoms with Crippen molar-refractivity contribution in [3.05, 3.63) is 89.5 Å². The van der Waals surface area contributed by atoms with Crippen LogP contribution in [0.5, 0.6) is 5.75 Å². The third-order valence-electron chi connectivity index (χ3n) is 8.01. The monoisotopic (exact) mass is 605 g/mol. The van der Waals surface area contributed by atoms with Gasteiger partial charge in [-0.2, -0.15) is 0 Å². The first kappa shape index (κ1) is 32.1. The van der Waals surface area contributed by atoms with Gasteiger partial charge < -0.3 is 15.0 Å². The lowest BCUT2D eigenvalue weighted by atomic mass is 9.95. The Labute approximate surface area is 256 Å². The topological polar surface area (TPSA) is 96.0 Å². The van der Waals surface area contributed by atoms with E-state index >= 15 is 0 Å². The van der Waals surface area contributed by atoms with E-state index < -0.39 is 28.5 Å². The van der Waals surface area contributed by atoms with Crippen molar-refractivity contribution in [2.24, 2.45) is 0 Å². The molecule has 43 heavy (non-hydrogen) atoms. The van der Waals surface area contributed by atoms with Gasteiger partial charge in [0.05, 0.1) is 17.7 Å². The molecule has 0 aliphatic heterocycles. The van der Waals surface area contributed by atoms with Crippen molar-refractivity contribution >= 4 is 27.5 Å². The van der Waals surface area contributed by atoms with E-state index in [9.17, 15) is 18.0 Å². The summed E-state index contributed by atoms with van der Waals surface area (Å²) in [7, 11) is -2.72. The summed E-state index contributed by atoms with van der Waals surface area (Å²) in [6.45, 7) is 5.39. The molecule has 0 spiro atoms. The fraction of sp³-hybridized carbons (Fsp3) is 0.412. The van der Waals surface area contributed by atoms with Crippen LogP contribution < -0.4 is 14.4 Å². The molecule has 1 atom stereocenters. The first-order chi connectivity index (χ1) is 20.6. The van der Waals surface area contributed by atoms with Gasteiger partial charge in [0.25, 0.3) is 10.0 Å². The maximum atomic E-state index is 14.3. The molecule has 0 saturated heterocycles. The second-order valence-electron chi connectivity index (χ2n) is 11.3. The van der Waals surface area contributed by atoms with E-state index in [4.69, 9.17) is 4.74 Å². The number of ether oxygens (including phenoxy) is 1. The summed E-state index contributed by atoms with van der Waals surface area (Å²) in [5, 5.41) is 3.18. The molecule has 9 heteroatoms. The van der Waals surface area contributed by atoms with Gasteiger partial charge in [0, 0.05) is 12.6 Å². The second-order valence-corrected chi connectivity index (χ2v) is 13.1. The highest BCUT2D eigenvalue weighted by Gasteiger charge is 2.35. The Morgan fingerprint density at radius 2 is 1.63 bits per heavy atom. The van der Waals surface area contributed by atoms with Gasteiger partial charge in [0.15, 0.2) is 0 Å². The molecule has 8 nitrogen and oxygen atoms in total. The number of amides is 2. The van der Waals surface area contributed by atoms with Gasteiger partial charge >= 0.3 is 0 Å². The summed E-state index contributed by atoms with van der Waals surface area (Å²) >= 11 is 0. The number of carbonyl (C=O) groups excluding carboxylic acids is 2. The SMILES string of the molecule is CCC(C(=O)NC1CCCCC1)N(Cc1cccc(C)c1)C(=O)CN(c1ccccc1OC)S(=O)(=O)c1ccc(C)cc1. The van der Waals surface area contributed by atoms with Gasteiger partial charge in [-0.15, -0.1) is 0 Å². The van der Waals surface area contributed by atoms with Crippen molar-refractivity contribution in [2.75, 3.05) is 18.0 Å². The number of hydrogen-bond acceptors (Lipinski definition) is 5. The summed E-state index contributed by atoms with van der Waals surface area (Å²) in [6.07, 6.45) is 5.52. The lowest BCUT2D eigenvalue weighted by Gasteiger charge is -2.34. The number of aryl methyl sites for hydroxylation is 2. The molecule has 1 N–H and O–H groups in total. The molecule has 1 saturated carbocycles. The second kappa shape index (κ2) is 14.6. The lowest BCUT2D eigenvalue weighted by Crippen LogP contribution is -2.54. The van der Waals surface area contributed by atoms with Crippen molar-refractivity contribution in [1.29, 1.82) is 0 Å². The predicted molar refractivity (Wildman–Crippen MR) is 170 cm³/mol. The fourth-order valence-electron chi connectivity index (χ4n) is 5.66. The van der Waals surface area contributed by atoms with E-state index in [1.54, 1.807) is 36.4 Å². The van der Waals surface area contributed by atoms with Crippen LogP contribution in [0, 0.1) is 13.8 Å². The minimum absolute atomic E-state index is 0.0594. The molecular formula is C34H43N3O5S. The average molecular weight is 606 g/mol. The number of sulfonamides is 1. The normalized spacial score (nSPS) is 14.5. The number of para-hydroxylation sites is 2. The van der Waals surface area contributed by atoms with Crippen LogP contribution in [0.15, 0.2) is 77.7 Å². The standard InChI is InChI=1S/C34H43N3O5S/c1-5-30(34(39)35-28-14-7-6-8-15-28)36(23-27-13-11-12-26(3)22-27)33(38)24-37(31-16-9-10-17-32(31)42-4)43(40,41)29-20-18-25(2)19-21-29/h9-13,16-22,28,30H,5-8,14-15,23-24H2,1-4H3,(H,35,39). The molecule has 0 heterocycles. The number of benzene rings is 3. The van der Waals surface area contributed by atoms with Crippen LogP contribution in [0.2, 0.25) is 0 Å². The number of carbonyl (C=O) groups is 2. The number of nitrogens with zero attached hydrogens (tertiary/aromatic N) is 2. The van der Waals surface area contributed by atoms with Crippen LogP contribution in [-0.2, 0) is 26.2 Å². The van der Waals surface area contributed by atoms with Crippen LogP contribution in [-0.4, -0.2) is 50.9 Å². The fourth-order valence-corrected chi connectivity index (χ4v) is 7.08. The zero-order valence-electron chi connectivity index (χ0n) is 25.6. The number of rotatable bonds is 12. The summed E-state index contributed by atoms with van der Waals surface area (Å²) in [6, 6.07) is 20.4. The molecule has 4 rings (SSSR count). The van der Waals surface area contributed by atoms with Gasteiger partial charge in [-0.3, -0.25) is 13.9 Å². The molecule has 0 radical (unpaired) electrons. The zero-order valence-corrected chi connectivity index (χ0v) is 26.4. The maximum absolute atomic E-state index is 14.3. The summed E-state index contributed by atoms with van der Waals surface area (Å²) < 4.78 is 34.9.